The number of fused-ring (bicyclic) bond motifs is 1. The van der Waals surface area contributed by atoms with Crippen molar-refractivity contribution in [3.8, 4) is 0 Å². The Hall–Kier alpha value is -2.50. The lowest BCUT2D eigenvalue weighted by molar-refractivity contribution is -0.145. The quantitative estimate of drug-likeness (QED) is 0.791. The Morgan fingerprint density at radius 3 is 2.79 bits per heavy atom. The van der Waals surface area contributed by atoms with Crippen LogP contribution in [0.4, 0.5) is 4.39 Å². The molecule has 1 aliphatic carbocycles. The molecule has 0 N–H and O–H groups in total. The van der Waals surface area contributed by atoms with Crippen molar-refractivity contribution >= 4 is 22.8 Å². The fourth-order valence-electron chi connectivity index (χ4n) is 2.74. The van der Waals surface area contributed by atoms with Crippen LogP contribution in [0.2, 0.25) is 0 Å². The van der Waals surface area contributed by atoms with E-state index in [2.05, 4.69) is 4.98 Å². The second kappa shape index (κ2) is 6.55. The maximum absolute atomic E-state index is 13.4. The first-order valence-corrected chi connectivity index (χ1v) is 7.93. The summed E-state index contributed by atoms with van der Waals surface area (Å²) in [6, 6.07) is 6.07. The minimum absolute atomic E-state index is 0.146. The average molecular weight is 330 g/mol. The second-order valence-electron chi connectivity index (χ2n) is 6.17. The van der Waals surface area contributed by atoms with Crippen molar-refractivity contribution in [2.24, 2.45) is 5.92 Å². The van der Waals surface area contributed by atoms with Gasteiger partial charge in [0, 0.05) is 24.2 Å². The number of hydrogen-bond acceptors (Lipinski definition) is 4. The van der Waals surface area contributed by atoms with Gasteiger partial charge in [-0.2, -0.15) is 0 Å². The van der Waals surface area contributed by atoms with E-state index in [-0.39, 0.29) is 23.7 Å². The zero-order chi connectivity index (χ0) is 17.3. The molecule has 5 nitrogen and oxygen atoms in total. The van der Waals surface area contributed by atoms with Gasteiger partial charge in [0.1, 0.15) is 5.82 Å². The normalized spacial score (nSPS) is 15.1. The number of ether oxygens (including phenoxy) is 1. The van der Waals surface area contributed by atoms with Gasteiger partial charge in [-0.15, -0.1) is 0 Å². The number of benzene rings is 1. The number of pyridine rings is 1. The number of rotatable bonds is 5. The lowest BCUT2D eigenvalue weighted by atomic mass is 10.1. The van der Waals surface area contributed by atoms with Crippen molar-refractivity contribution in [1.29, 1.82) is 0 Å². The third kappa shape index (κ3) is 3.37. The molecule has 24 heavy (non-hydrogen) atoms. The molecule has 1 aromatic carbocycles. The number of carbonyl (C=O) groups excluding carboxylic acids is 2. The minimum Gasteiger partial charge on any atom is -0.469 e. The van der Waals surface area contributed by atoms with Crippen LogP contribution in [0.1, 0.15) is 30.1 Å². The highest BCUT2D eigenvalue weighted by molar-refractivity contribution is 5.97. The largest absolute Gasteiger partial charge is 0.469 e. The van der Waals surface area contributed by atoms with Crippen molar-refractivity contribution < 1.29 is 18.7 Å². The van der Waals surface area contributed by atoms with Gasteiger partial charge >= 0.3 is 5.97 Å². The van der Waals surface area contributed by atoms with E-state index in [4.69, 9.17) is 4.74 Å². The number of esters is 1. The first kappa shape index (κ1) is 16.4. The van der Waals surface area contributed by atoms with Crippen LogP contribution in [0, 0.1) is 11.7 Å². The van der Waals surface area contributed by atoms with E-state index in [1.807, 2.05) is 0 Å². The predicted molar refractivity (Wildman–Crippen MR) is 86.9 cm³/mol. The van der Waals surface area contributed by atoms with Crippen LogP contribution in [0.5, 0.6) is 0 Å². The minimum atomic E-state index is -0.398. The van der Waals surface area contributed by atoms with E-state index >= 15 is 0 Å². The molecule has 1 aromatic heterocycles. The van der Waals surface area contributed by atoms with E-state index < -0.39 is 5.92 Å². The van der Waals surface area contributed by atoms with Gasteiger partial charge < -0.3 is 9.64 Å². The molecule has 6 heteroatoms. The molecule has 0 spiro atoms. The van der Waals surface area contributed by atoms with Crippen molar-refractivity contribution in [3.63, 3.8) is 0 Å². The van der Waals surface area contributed by atoms with Gasteiger partial charge in [-0.05, 0) is 37.1 Å². The summed E-state index contributed by atoms with van der Waals surface area (Å²) < 4.78 is 18.1. The van der Waals surface area contributed by atoms with Crippen LogP contribution in [0.25, 0.3) is 10.9 Å². The van der Waals surface area contributed by atoms with Crippen LogP contribution in [-0.2, 0) is 9.53 Å². The van der Waals surface area contributed by atoms with Crippen molar-refractivity contribution in [2.75, 3.05) is 13.7 Å². The highest BCUT2D eigenvalue weighted by atomic mass is 19.1. The molecule has 1 heterocycles. The molecule has 0 saturated heterocycles. The summed E-state index contributed by atoms with van der Waals surface area (Å²) in [5, 5.41) is 0.581. The lowest BCUT2D eigenvalue weighted by Gasteiger charge is -2.25. The molecule has 2 aromatic rings. The number of methoxy groups -OCH3 is 1. The molecule has 1 aliphatic rings. The molecule has 0 aliphatic heterocycles. The van der Waals surface area contributed by atoms with Gasteiger partial charge in [0.05, 0.1) is 24.1 Å². The summed E-state index contributed by atoms with van der Waals surface area (Å²) in [5.41, 5.74) is 1.03. The van der Waals surface area contributed by atoms with Gasteiger partial charge in [0.25, 0.3) is 5.91 Å². The maximum atomic E-state index is 13.4. The van der Waals surface area contributed by atoms with Crippen molar-refractivity contribution in [2.45, 2.75) is 25.8 Å². The highest BCUT2D eigenvalue weighted by Gasteiger charge is 2.35. The Bertz CT molecular complexity index is 789. The highest BCUT2D eigenvalue weighted by Crippen LogP contribution is 2.29. The number of hydrogen-bond donors (Lipinski definition) is 0. The summed E-state index contributed by atoms with van der Waals surface area (Å²) >= 11 is 0. The average Bonchev–Trinajstić information content (AvgIpc) is 3.42. The van der Waals surface area contributed by atoms with Crippen LogP contribution in [0.3, 0.4) is 0 Å². The monoisotopic (exact) mass is 330 g/mol. The number of nitrogens with zero attached hydrogens (tertiary/aromatic N) is 2. The van der Waals surface area contributed by atoms with Crippen LogP contribution in [0.15, 0.2) is 30.5 Å². The number of aromatic nitrogens is 1. The first-order valence-electron chi connectivity index (χ1n) is 7.93. The summed E-state index contributed by atoms with van der Waals surface area (Å²) in [4.78, 5) is 30.4. The molecular formula is C18H19FN2O3. The van der Waals surface area contributed by atoms with Crippen LogP contribution < -0.4 is 0 Å². The third-order valence-corrected chi connectivity index (χ3v) is 4.21. The number of amides is 1. The smallest absolute Gasteiger partial charge is 0.310 e. The van der Waals surface area contributed by atoms with E-state index in [1.54, 1.807) is 24.0 Å². The van der Waals surface area contributed by atoms with Crippen molar-refractivity contribution in [3.05, 3.63) is 41.8 Å². The molecule has 1 amide bonds. The topological polar surface area (TPSA) is 59.5 Å². The van der Waals surface area contributed by atoms with E-state index in [0.717, 1.165) is 12.8 Å². The van der Waals surface area contributed by atoms with Gasteiger partial charge in [0.2, 0.25) is 0 Å². The number of carbonyl (C=O) groups is 2. The zero-order valence-electron chi connectivity index (χ0n) is 13.7. The Morgan fingerprint density at radius 1 is 1.38 bits per heavy atom. The van der Waals surface area contributed by atoms with E-state index in [0.29, 0.717) is 23.0 Å². The van der Waals surface area contributed by atoms with Gasteiger partial charge in [-0.25, -0.2) is 4.39 Å². The predicted octanol–water partition coefficient (Wildman–Crippen LogP) is 2.79. The summed E-state index contributed by atoms with van der Waals surface area (Å²) in [6.45, 7) is 2.04. The Labute approximate surface area is 139 Å². The second-order valence-corrected chi connectivity index (χ2v) is 6.17. The summed E-state index contributed by atoms with van der Waals surface area (Å²) in [6.07, 6.45) is 3.35. The fourth-order valence-corrected chi connectivity index (χ4v) is 2.74. The first-order chi connectivity index (χ1) is 11.5. The van der Waals surface area contributed by atoms with Crippen molar-refractivity contribution in [1.82, 2.24) is 9.88 Å². The molecule has 3 rings (SSSR count). The third-order valence-electron chi connectivity index (χ3n) is 4.21. The Morgan fingerprint density at radius 2 is 2.12 bits per heavy atom. The molecule has 0 radical (unpaired) electrons. The molecule has 126 valence electrons. The molecular weight excluding hydrogens is 311 g/mol. The lowest BCUT2D eigenvalue weighted by Crippen LogP contribution is -2.38. The Kier molecular flexibility index (Phi) is 4.46. The maximum Gasteiger partial charge on any atom is 0.310 e. The van der Waals surface area contributed by atoms with E-state index in [1.165, 1.54) is 25.4 Å². The van der Waals surface area contributed by atoms with Crippen LogP contribution >= 0.6 is 0 Å². The fraction of sp³-hybridized carbons (Fsp3) is 0.389. The number of halogens is 1. The van der Waals surface area contributed by atoms with E-state index in [9.17, 15) is 14.0 Å². The molecule has 1 saturated carbocycles. The molecule has 1 atom stereocenters. The molecule has 0 bridgehead atoms. The van der Waals surface area contributed by atoms with Gasteiger partial charge in [-0.3, -0.25) is 14.6 Å². The van der Waals surface area contributed by atoms with Crippen LogP contribution in [-0.4, -0.2) is 41.5 Å². The SMILES string of the molecule is COC(=O)C(C)CN(C(=O)c1cnc2ccc(F)cc2c1)C1CC1. The Balaban J connectivity index is 1.86. The van der Waals surface area contributed by atoms with Gasteiger partial charge in [0.15, 0.2) is 0 Å². The summed E-state index contributed by atoms with van der Waals surface area (Å²) in [7, 11) is 1.34. The molecule has 1 unspecified atom stereocenters. The molecule has 1 fully saturated rings. The van der Waals surface area contributed by atoms with Gasteiger partial charge in [-0.1, -0.05) is 6.92 Å². The standard InChI is InChI=1S/C18H19FN2O3/c1-11(18(23)24-2)10-21(15-4-5-15)17(22)13-7-12-8-14(19)3-6-16(12)20-9-13/h3,6-9,11,15H,4-5,10H2,1-2H3. The summed E-state index contributed by atoms with van der Waals surface area (Å²) in [5.74, 6) is -1.29. The zero-order valence-corrected chi connectivity index (χ0v) is 13.7.